The minimum absolute atomic E-state index is 0.204. The van der Waals surface area contributed by atoms with Crippen LogP contribution in [-0.4, -0.2) is 24.4 Å². The molecule has 0 amide bonds. The third kappa shape index (κ3) is 2.69. The van der Waals surface area contributed by atoms with E-state index in [4.69, 9.17) is 10.5 Å². The fourth-order valence-electron chi connectivity index (χ4n) is 1.68. The zero-order valence-electron chi connectivity index (χ0n) is 10.4. The Hall–Kier alpha value is -1.43. The molecular weight excluding hydrogens is 247 g/mol. The number of methoxy groups -OCH3 is 1. The van der Waals surface area contributed by atoms with Gasteiger partial charge in [-0.25, -0.2) is 0 Å². The second-order valence-corrected chi connectivity index (χ2v) is 4.63. The zero-order valence-corrected chi connectivity index (χ0v) is 10.4. The Bertz CT molecular complexity index is 430. The molecule has 102 valence electrons. The molecule has 1 unspecified atom stereocenters. The van der Waals surface area contributed by atoms with Crippen LogP contribution in [0.25, 0.3) is 0 Å². The van der Waals surface area contributed by atoms with Gasteiger partial charge in [-0.3, -0.25) is 0 Å². The van der Waals surface area contributed by atoms with Gasteiger partial charge in [0.25, 0.3) is 0 Å². The summed E-state index contributed by atoms with van der Waals surface area (Å²) in [4.78, 5) is 0. The van der Waals surface area contributed by atoms with Crippen molar-refractivity contribution in [2.75, 3.05) is 7.11 Å². The van der Waals surface area contributed by atoms with Crippen molar-refractivity contribution < 1.29 is 23.0 Å². The SMILES string of the molecule is COc1ccc(C(C)(C)C(N)C(F)(F)F)cc1O. The highest BCUT2D eigenvalue weighted by atomic mass is 19.4. The molecule has 0 aliphatic heterocycles. The van der Waals surface area contributed by atoms with E-state index in [0.717, 1.165) is 0 Å². The van der Waals surface area contributed by atoms with Crippen molar-refractivity contribution in [3.63, 3.8) is 0 Å². The lowest BCUT2D eigenvalue weighted by molar-refractivity contribution is -0.160. The molecule has 1 aromatic carbocycles. The van der Waals surface area contributed by atoms with Crippen LogP contribution < -0.4 is 10.5 Å². The molecule has 18 heavy (non-hydrogen) atoms. The smallest absolute Gasteiger partial charge is 0.404 e. The quantitative estimate of drug-likeness (QED) is 0.881. The lowest BCUT2D eigenvalue weighted by Crippen LogP contribution is -2.51. The Morgan fingerprint density at radius 2 is 1.83 bits per heavy atom. The number of phenolic OH excluding ortho intramolecular Hbond substituents is 1. The van der Waals surface area contributed by atoms with Crippen molar-refractivity contribution >= 4 is 0 Å². The maximum absolute atomic E-state index is 12.7. The molecule has 3 nitrogen and oxygen atoms in total. The minimum Gasteiger partial charge on any atom is -0.504 e. The summed E-state index contributed by atoms with van der Waals surface area (Å²) in [5, 5.41) is 9.59. The molecule has 0 spiro atoms. The number of hydrogen-bond donors (Lipinski definition) is 2. The predicted molar refractivity (Wildman–Crippen MR) is 61.7 cm³/mol. The fourth-order valence-corrected chi connectivity index (χ4v) is 1.68. The Labute approximate surface area is 103 Å². The third-order valence-corrected chi connectivity index (χ3v) is 3.05. The number of nitrogens with two attached hydrogens (primary N) is 1. The van der Waals surface area contributed by atoms with Crippen LogP contribution in [0.5, 0.6) is 11.5 Å². The van der Waals surface area contributed by atoms with E-state index in [9.17, 15) is 18.3 Å². The van der Waals surface area contributed by atoms with Gasteiger partial charge in [-0.15, -0.1) is 0 Å². The number of rotatable bonds is 3. The maximum Gasteiger partial charge on any atom is 0.404 e. The molecule has 0 saturated heterocycles. The van der Waals surface area contributed by atoms with Crippen LogP contribution in [0.4, 0.5) is 13.2 Å². The highest BCUT2D eigenvalue weighted by Crippen LogP contribution is 2.38. The molecular formula is C12H16F3NO2. The van der Waals surface area contributed by atoms with Crippen LogP contribution in [0.2, 0.25) is 0 Å². The van der Waals surface area contributed by atoms with Crippen molar-refractivity contribution in [3.8, 4) is 11.5 Å². The summed E-state index contributed by atoms with van der Waals surface area (Å²) in [6.45, 7) is 2.76. The Kier molecular flexibility index (Phi) is 3.81. The number of aromatic hydroxyl groups is 1. The standard InChI is InChI=1S/C12H16F3NO2/c1-11(2,10(16)12(13,14)15)7-4-5-9(18-3)8(17)6-7/h4-6,10,17H,16H2,1-3H3. The molecule has 0 saturated carbocycles. The van der Waals surface area contributed by atoms with Crippen LogP contribution in [0.3, 0.4) is 0 Å². The number of halogens is 3. The maximum atomic E-state index is 12.7. The van der Waals surface area contributed by atoms with E-state index >= 15 is 0 Å². The van der Waals surface area contributed by atoms with Crippen molar-refractivity contribution in [2.45, 2.75) is 31.5 Å². The summed E-state index contributed by atoms with van der Waals surface area (Å²) in [6, 6.07) is 2.10. The van der Waals surface area contributed by atoms with Gasteiger partial charge in [0.1, 0.15) is 6.04 Å². The van der Waals surface area contributed by atoms with E-state index < -0.39 is 17.6 Å². The van der Waals surface area contributed by atoms with E-state index in [-0.39, 0.29) is 11.5 Å². The molecule has 0 aliphatic rings. The summed E-state index contributed by atoms with van der Waals surface area (Å²) in [5.41, 5.74) is 4.19. The molecule has 0 bridgehead atoms. The monoisotopic (exact) mass is 263 g/mol. The summed E-state index contributed by atoms with van der Waals surface area (Å²) in [5.74, 6) is -0.00687. The average molecular weight is 263 g/mol. The first kappa shape index (κ1) is 14.6. The fraction of sp³-hybridized carbons (Fsp3) is 0.500. The molecule has 0 heterocycles. The molecule has 0 radical (unpaired) electrons. The largest absolute Gasteiger partial charge is 0.504 e. The van der Waals surface area contributed by atoms with E-state index in [1.54, 1.807) is 0 Å². The van der Waals surface area contributed by atoms with Gasteiger partial charge in [0, 0.05) is 5.41 Å². The second-order valence-electron chi connectivity index (χ2n) is 4.63. The molecule has 1 rings (SSSR count). The van der Waals surface area contributed by atoms with E-state index in [1.165, 1.54) is 39.2 Å². The molecule has 1 atom stereocenters. The summed E-state index contributed by atoms with van der Waals surface area (Å²) >= 11 is 0. The van der Waals surface area contributed by atoms with Gasteiger partial charge in [0.05, 0.1) is 7.11 Å². The van der Waals surface area contributed by atoms with Crippen LogP contribution >= 0.6 is 0 Å². The number of phenols is 1. The van der Waals surface area contributed by atoms with E-state index in [1.807, 2.05) is 0 Å². The molecule has 0 fully saturated rings. The first-order valence-electron chi connectivity index (χ1n) is 5.30. The van der Waals surface area contributed by atoms with Crippen molar-refractivity contribution in [3.05, 3.63) is 23.8 Å². The first-order chi connectivity index (χ1) is 8.10. The van der Waals surface area contributed by atoms with Gasteiger partial charge >= 0.3 is 6.18 Å². The Morgan fingerprint density at radius 3 is 2.22 bits per heavy atom. The van der Waals surface area contributed by atoms with Gasteiger partial charge in [-0.05, 0) is 17.7 Å². The first-order valence-corrected chi connectivity index (χ1v) is 5.30. The Morgan fingerprint density at radius 1 is 1.28 bits per heavy atom. The number of alkyl halides is 3. The molecule has 0 aliphatic carbocycles. The highest BCUT2D eigenvalue weighted by Gasteiger charge is 2.47. The molecule has 3 N–H and O–H groups in total. The number of ether oxygens (including phenoxy) is 1. The van der Waals surface area contributed by atoms with Crippen molar-refractivity contribution in [1.82, 2.24) is 0 Å². The minimum atomic E-state index is -4.50. The second kappa shape index (κ2) is 4.68. The van der Waals surface area contributed by atoms with Gasteiger partial charge in [-0.2, -0.15) is 13.2 Å². The summed E-state index contributed by atoms with van der Waals surface area (Å²) < 4.78 is 42.8. The van der Waals surface area contributed by atoms with Gasteiger partial charge < -0.3 is 15.6 Å². The Balaban J connectivity index is 3.16. The molecule has 0 aromatic heterocycles. The van der Waals surface area contributed by atoms with Crippen LogP contribution in [0.15, 0.2) is 18.2 Å². The van der Waals surface area contributed by atoms with Gasteiger partial charge in [0.2, 0.25) is 0 Å². The summed E-state index contributed by atoms with van der Waals surface area (Å²) in [6.07, 6.45) is -4.50. The van der Waals surface area contributed by atoms with Crippen LogP contribution in [0, 0.1) is 0 Å². The van der Waals surface area contributed by atoms with Crippen molar-refractivity contribution in [2.24, 2.45) is 5.73 Å². The highest BCUT2D eigenvalue weighted by molar-refractivity contribution is 5.44. The summed E-state index contributed by atoms with van der Waals surface area (Å²) in [7, 11) is 1.36. The van der Waals surface area contributed by atoms with Gasteiger partial charge in [-0.1, -0.05) is 19.9 Å². The lowest BCUT2D eigenvalue weighted by Gasteiger charge is -2.33. The number of benzene rings is 1. The normalized spacial score (nSPS) is 14.4. The lowest BCUT2D eigenvalue weighted by atomic mass is 9.77. The topological polar surface area (TPSA) is 55.5 Å². The van der Waals surface area contributed by atoms with Crippen molar-refractivity contribution in [1.29, 1.82) is 0 Å². The molecule has 6 heteroatoms. The average Bonchev–Trinajstić information content (AvgIpc) is 2.26. The predicted octanol–water partition coefficient (Wildman–Crippen LogP) is 2.57. The molecule has 1 aromatic rings. The van der Waals surface area contributed by atoms with Crippen LogP contribution in [-0.2, 0) is 5.41 Å². The third-order valence-electron chi connectivity index (χ3n) is 3.05. The van der Waals surface area contributed by atoms with E-state index in [2.05, 4.69) is 0 Å². The number of hydrogen-bond acceptors (Lipinski definition) is 3. The van der Waals surface area contributed by atoms with E-state index in [0.29, 0.717) is 5.56 Å². The van der Waals surface area contributed by atoms with Crippen LogP contribution in [0.1, 0.15) is 19.4 Å². The van der Waals surface area contributed by atoms with Gasteiger partial charge in [0.15, 0.2) is 11.5 Å². The zero-order chi connectivity index (χ0) is 14.1.